The van der Waals surface area contributed by atoms with Crippen LogP contribution in [0.2, 0.25) is 0 Å². The van der Waals surface area contributed by atoms with Gasteiger partial charge in [0.1, 0.15) is 5.82 Å². The number of amides is 2. The van der Waals surface area contributed by atoms with Crippen LogP contribution in [-0.2, 0) is 22.4 Å². The fourth-order valence-electron chi connectivity index (χ4n) is 4.49. The third-order valence-corrected chi connectivity index (χ3v) is 6.52. The van der Waals surface area contributed by atoms with Crippen molar-refractivity contribution in [2.45, 2.75) is 38.1 Å². The molecule has 9 nitrogen and oxygen atoms in total. The minimum atomic E-state index is -0.382. The Bertz CT molecular complexity index is 1630. The molecule has 37 heavy (non-hydrogen) atoms. The number of nitrogens with one attached hydrogen (secondary N) is 2. The summed E-state index contributed by atoms with van der Waals surface area (Å²) in [6.07, 6.45) is 6.82. The van der Waals surface area contributed by atoms with E-state index in [-0.39, 0.29) is 18.2 Å². The highest BCUT2D eigenvalue weighted by molar-refractivity contribution is 6.15. The number of aromatic nitrogens is 4. The van der Waals surface area contributed by atoms with Crippen molar-refractivity contribution in [3.63, 3.8) is 0 Å². The Labute approximate surface area is 212 Å². The molecule has 2 aromatic carbocycles. The lowest BCUT2D eigenvalue weighted by atomic mass is 9.95. The highest BCUT2D eigenvalue weighted by Crippen LogP contribution is 2.27. The Hall–Kier alpha value is -4.84. The molecule has 0 bridgehead atoms. The zero-order valence-electron chi connectivity index (χ0n) is 19.9. The number of nitriles is 1. The normalized spacial score (nSPS) is 16.2. The molecule has 0 unspecified atom stereocenters. The molecule has 1 saturated heterocycles. The summed E-state index contributed by atoms with van der Waals surface area (Å²) in [5.41, 5.74) is 5.47. The van der Waals surface area contributed by atoms with Gasteiger partial charge in [0.25, 0.3) is 5.91 Å². The van der Waals surface area contributed by atoms with Crippen molar-refractivity contribution in [3.05, 3.63) is 82.8 Å². The summed E-state index contributed by atoms with van der Waals surface area (Å²) in [6, 6.07) is 18.3. The van der Waals surface area contributed by atoms with E-state index in [1.807, 2.05) is 30.3 Å². The third kappa shape index (κ3) is 4.69. The molecule has 2 amide bonds. The molecular weight excluding hydrogens is 466 g/mol. The van der Waals surface area contributed by atoms with E-state index in [9.17, 15) is 14.9 Å². The van der Waals surface area contributed by atoms with Gasteiger partial charge >= 0.3 is 0 Å². The Balaban J connectivity index is 1.34. The quantitative estimate of drug-likeness (QED) is 0.301. The van der Waals surface area contributed by atoms with Gasteiger partial charge in [0.05, 0.1) is 24.3 Å². The number of hydrogen-bond donors (Lipinski definition) is 2. The third-order valence-electron chi connectivity index (χ3n) is 6.52. The van der Waals surface area contributed by atoms with E-state index >= 15 is 0 Å². The van der Waals surface area contributed by atoms with Crippen LogP contribution in [0.1, 0.15) is 41.8 Å². The SMILES string of the molecule is N#Cc1cccc(-c2ccccc2CCc2nc(NC3CC3)n3ncc(/C=C4\CC(=O)NC4=O)c3n2)c1. The highest BCUT2D eigenvalue weighted by atomic mass is 16.2. The summed E-state index contributed by atoms with van der Waals surface area (Å²) in [4.78, 5) is 33.3. The molecule has 1 saturated carbocycles. The summed E-state index contributed by atoms with van der Waals surface area (Å²) in [6.45, 7) is 0. The first-order valence-electron chi connectivity index (χ1n) is 12.2. The smallest absolute Gasteiger partial charge is 0.254 e. The van der Waals surface area contributed by atoms with Crippen molar-refractivity contribution in [1.82, 2.24) is 24.9 Å². The fourth-order valence-corrected chi connectivity index (χ4v) is 4.49. The lowest BCUT2D eigenvalue weighted by Gasteiger charge is -2.11. The molecule has 0 radical (unpaired) electrons. The van der Waals surface area contributed by atoms with Gasteiger partial charge in [-0.3, -0.25) is 14.9 Å². The van der Waals surface area contributed by atoms with Gasteiger partial charge in [-0.25, -0.2) is 4.98 Å². The van der Waals surface area contributed by atoms with Crippen LogP contribution in [0.3, 0.4) is 0 Å². The Morgan fingerprint density at radius 3 is 2.76 bits per heavy atom. The van der Waals surface area contributed by atoms with Gasteiger partial charge in [0.2, 0.25) is 11.9 Å². The minimum absolute atomic E-state index is 0.0467. The number of hydrogen-bond acceptors (Lipinski definition) is 7. The van der Waals surface area contributed by atoms with Crippen LogP contribution in [0, 0.1) is 11.3 Å². The molecule has 9 heteroatoms. The summed E-state index contributed by atoms with van der Waals surface area (Å²) < 4.78 is 1.66. The van der Waals surface area contributed by atoms with Crippen LogP contribution in [0.4, 0.5) is 5.95 Å². The molecular formula is C28H23N7O2. The van der Waals surface area contributed by atoms with Gasteiger partial charge in [-0.15, -0.1) is 0 Å². The van der Waals surface area contributed by atoms with Gasteiger partial charge < -0.3 is 5.32 Å². The zero-order valence-corrected chi connectivity index (χ0v) is 19.9. The van der Waals surface area contributed by atoms with E-state index in [1.54, 1.807) is 22.9 Å². The second kappa shape index (κ2) is 9.32. The number of nitrogens with zero attached hydrogens (tertiary/aromatic N) is 5. The molecule has 2 fully saturated rings. The number of imide groups is 1. The summed E-state index contributed by atoms with van der Waals surface area (Å²) >= 11 is 0. The highest BCUT2D eigenvalue weighted by Gasteiger charge is 2.26. The van der Waals surface area contributed by atoms with Crippen molar-refractivity contribution in [2.24, 2.45) is 0 Å². The maximum Gasteiger partial charge on any atom is 0.254 e. The number of carbonyl (C=O) groups is 2. The van der Waals surface area contributed by atoms with E-state index in [0.29, 0.717) is 53.0 Å². The largest absolute Gasteiger partial charge is 0.351 e. The molecule has 0 atom stereocenters. The topological polar surface area (TPSA) is 125 Å². The number of aryl methyl sites for hydroxylation is 2. The minimum Gasteiger partial charge on any atom is -0.351 e. The van der Waals surface area contributed by atoms with Crippen LogP contribution < -0.4 is 10.6 Å². The van der Waals surface area contributed by atoms with Crippen LogP contribution in [0.15, 0.2) is 60.3 Å². The van der Waals surface area contributed by atoms with Crippen LogP contribution >= 0.6 is 0 Å². The van der Waals surface area contributed by atoms with Crippen LogP contribution in [0.25, 0.3) is 22.9 Å². The first-order valence-corrected chi connectivity index (χ1v) is 12.2. The van der Waals surface area contributed by atoms with Crippen molar-refractivity contribution in [3.8, 4) is 17.2 Å². The molecule has 3 heterocycles. The number of benzene rings is 2. The average Bonchev–Trinajstić information content (AvgIpc) is 3.55. The van der Waals surface area contributed by atoms with Gasteiger partial charge in [0, 0.05) is 23.6 Å². The molecule has 4 aromatic rings. The maximum atomic E-state index is 12.1. The van der Waals surface area contributed by atoms with Crippen molar-refractivity contribution >= 4 is 29.5 Å². The molecule has 2 aromatic heterocycles. The van der Waals surface area contributed by atoms with Gasteiger partial charge in [-0.05, 0) is 54.2 Å². The van der Waals surface area contributed by atoms with E-state index in [2.05, 4.69) is 33.9 Å². The van der Waals surface area contributed by atoms with Crippen molar-refractivity contribution < 1.29 is 9.59 Å². The average molecular weight is 490 g/mol. The zero-order chi connectivity index (χ0) is 25.4. The van der Waals surface area contributed by atoms with Gasteiger partial charge in [0.15, 0.2) is 5.65 Å². The van der Waals surface area contributed by atoms with Crippen molar-refractivity contribution in [1.29, 1.82) is 5.26 Å². The second-order valence-electron chi connectivity index (χ2n) is 9.29. The molecule has 2 N–H and O–H groups in total. The standard InChI is InChI=1S/C28H23N7O2/c29-15-17-4-3-6-19(12-17)23-7-2-1-5-18(23)8-11-24-32-26-21(13-20-14-25(36)34-27(20)37)16-30-35(26)28(33-24)31-22-9-10-22/h1-7,12-13,16,22H,8-11,14H2,(H,31,32,33)(H,34,36,37)/b20-13+. The molecule has 182 valence electrons. The molecule has 6 rings (SSSR count). The maximum absolute atomic E-state index is 12.1. The van der Waals surface area contributed by atoms with Gasteiger partial charge in [-0.2, -0.15) is 19.9 Å². The Morgan fingerprint density at radius 2 is 1.97 bits per heavy atom. The van der Waals surface area contributed by atoms with E-state index in [0.717, 1.165) is 29.5 Å². The van der Waals surface area contributed by atoms with E-state index in [4.69, 9.17) is 9.97 Å². The second-order valence-corrected chi connectivity index (χ2v) is 9.29. The number of anilines is 1. The number of rotatable bonds is 7. The lowest BCUT2D eigenvalue weighted by Crippen LogP contribution is -2.19. The molecule has 2 aliphatic rings. The predicted molar refractivity (Wildman–Crippen MR) is 137 cm³/mol. The summed E-state index contributed by atoms with van der Waals surface area (Å²) in [5.74, 6) is 0.586. The molecule has 0 spiro atoms. The summed E-state index contributed by atoms with van der Waals surface area (Å²) in [7, 11) is 0. The first-order chi connectivity index (χ1) is 18.1. The molecule has 1 aliphatic carbocycles. The van der Waals surface area contributed by atoms with Gasteiger partial charge in [-0.1, -0.05) is 36.4 Å². The summed E-state index contributed by atoms with van der Waals surface area (Å²) in [5, 5.41) is 19.5. The Kier molecular flexibility index (Phi) is 5.69. The lowest BCUT2D eigenvalue weighted by molar-refractivity contribution is -0.124. The van der Waals surface area contributed by atoms with Crippen LogP contribution in [0.5, 0.6) is 0 Å². The van der Waals surface area contributed by atoms with Crippen molar-refractivity contribution in [2.75, 3.05) is 5.32 Å². The van der Waals surface area contributed by atoms with E-state index in [1.165, 1.54) is 0 Å². The number of fused-ring (bicyclic) bond motifs is 1. The molecule has 1 aliphatic heterocycles. The van der Waals surface area contributed by atoms with Crippen LogP contribution in [-0.4, -0.2) is 37.4 Å². The Morgan fingerprint density at radius 1 is 1.11 bits per heavy atom. The fraction of sp³-hybridized carbons (Fsp3) is 0.214. The monoisotopic (exact) mass is 489 g/mol. The number of carbonyl (C=O) groups excluding carboxylic acids is 2. The van der Waals surface area contributed by atoms with E-state index < -0.39 is 0 Å². The first kappa shape index (κ1) is 22.6. The predicted octanol–water partition coefficient (Wildman–Crippen LogP) is 3.45.